The second-order valence-electron chi connectivity index (χ2n) is 4.34. The van der Waals surface area contributed by atoms with Crippen molar-refractivity contribution in [2.75, 3.05) is 5.75 Å². The van der Waals surface area contributed by atoms with Gasteiger partial charge in [0, 0.05) is 11.3 Å². The molecule has 0 radical (unpaired) electrons. The van der Waals surface area contributed by atoms with Gasteiger partial charge in [-0.15, -0.1) is 0 Å². The van der Waals surface area contributed by atoms with Crippen molar-refractivity contribution in [3.8, 4) is 0 Å². The Hall–Kier alpha value is -0.900. The van der Waals surface area contributed by atoms with Gasteiger partial charge in [-0.2, -0.15) is 0 Å². The van der Waals surface area contributed by atoms with Gasteiger partial charge in [0.25, 0.3) is 0 Å². The molecule has 0 spiro atoms. The number of aliphatic imine (C=N–C) groups is 1. The van der Waals surface area contributed by atoms with Crippen molar-refractivity contribution in [3.05, 3.63) is 24.2 Å². The Morgan fingerprint density at radius 2 is 2.50 bits per heavy atom. The first kappa shape index (κ1) is 11.6. The van der Waals surface area contributed by atoms with Crippen LogP contribution in [0, 0.1) is 0 Å². The molecule has 1 N–H and O–H groups in total. The first-order valence-electron chi connectivity index (χ1n) is 5.70. The standard InChI is InChI=1S/C12H18N2OS/c1-3-12(2)6-8-16-11(14-12)13-9-10-5-4-7-15-10/h4-5,7H,3,6,8-9H2,1-2H3,(H,13,14). The molecule has 1 aromatic rings. The van der Waals surface area contributed by atoms with Crippen LogP contribution < -0.4 is 5.32 Å². The summed E-state index contributed by atoms with van der Waals surface area (Å²) in [4.78, 5) is 4.54. The van der Waals surface area contributed by atoms with E-state index in [9.17, 15) is 0 Å². The van der Waals surface area contributed by atoms with E-state index in [0.717, 1.165) is 23.1 Å². The van der Waals surface area contributed by atoms with Crippen LogP contribution in [0.1, 0.15) is 32.4 Å². The number of nitrogens with zero attached hydrogens (tertiary/aromatic N) is 1. The van der Waals surface area contributed by atoms with Gasteiger partial charge in [0.05, 0.1) is 12.8 Å². The van der Waals surface area contributed by atoms with Gasteiger partial charge in [-0.3, -0.25) is 4.99 Å². The molecule has 0 bridgehead atoms. The lowest BCUT2D eigenvalue weighted by molar-refractivity contribution is 0.389. The minimum atomic E-state index is 0.216. The highest BCUT2D eigenvalue weighted by molar-refractivity contribution is 8.13. The third kappa shape index (κ3) is 2.82. The predicted molar refractivity (Wildman–Crippen MR) is 68.8 cm³/mol. The van der Waals surface area contributed by atoms with E-state index in [1.54, 1.807) is 18.0 Å². The van der Waals surface area contributed by atoms with E-state index in [4.69, 9.17) is 4.42 Å². The maximum absolute atomic E-state index is 5.26. The summed E-state index contributed by atoms with van der Waals surface area (Å²) >= 11 is 1.80. The van der Waals surface area contributed by atoms with Gasteiger partial charge in [0.15, 0.2) is 5.17 Å². The Bertz CT molecular complexity index is 361. The summed E-state index contributed by atoms with van der Waals surface area (Å²) < 4.78 is 5.26. The molecule has 0 amide bonds. The van der Waals surface area contributed by atoms with Crippen molar-refractivity contribution >= 4 is 16.9 Å². The summed E-state index contributed by atoms with van der Waals surface area (Å²) in [7, 11) is 0. The summed E-state index contributed by atoms with van der Waals surface area (Å²) in [5.41, 5.74) is 0.216. The molecule has 3 nitrogen and oxygen atoms in total. The fourth-order valence-electron chi connectivity index (χ4n) is 1.63. The monoisotopic (exact) mass is 238 g/mol. The van der Waals surface area contributed by atoms with Crippen molar-refractivity contribution in [3.63, 3.8) is 0 Å². The molecule has 16 heavy (non-hydrogen) atoms. The highest BCUT2D eigenvalue weighted by Crippen LogP contribution is 2.25. The Morgan fingerprint density at radius 3 is 3.19 bits per heavy atom. The molecule has 1 aromatic heterocycles. The molecule has 0 aromatic carbocycles. The van der Waals surface area contributed by atoms with Gasteiger partial charge >= 0.3 is 0 Å². The zero-order chi connectivity index (χ0) is 11.4. The molecule has 1 aliphatic heterocycles. The zero-order valence-corrected chi connectivity index (χ0v) is 10.6. The van der Waals surface area contributed by atoms with Gasteiger partial charge in [-0.25, -0.2) is 0 Å². The van der Waals surface area contributed by atoms with Crippen molar-refractivity contribution in [1.29, 1.82) is 0 Å². The number of rotatable bonds is 3. The van der Waals surface area contributed by atoms with E-state index >= 15 is 0 Å². The number of nitrogens with one attached hydrogen (secondary N) is 1. The first-order valence-corrected chi connectivity index (χ1v) is 6.68. The van der Waals surface area contributed by atoms with Crippen molar-refractivity contribution in [2.45, 2.75) is 38.8 Å². The van der Waals surface area contributed by atoms with Crippen LogP contribution in [0.2, 0.25) is 0 Å². The van der Waals surface area contributed by atoms with Gasteiger partial charge in [-0.1, -0.05) is 18.7 Å². The molecule has 88 valence electrons. The molecule has 1 aliphatic rings. The van der Waals surface area contributed by atoms with E-state index < -0.39 is 0 Å². The molecule has 1 saturated heterocycles. The molecule has 2 rings (SSSR count). The van der Waals surface area contributed by atoms with Crippen molar-refractivity contribution < 1.29 is 4.42 Å². The van der Waals surface area contributed by atoms with Crippen LogP contribution >= 0.6 is 11.8 Å². The summed E-state index contributed by atoms with van der Waals surface area (Å²) in [5, 5.41) is 4.56. The molecule has 1 atom stereocenters. The fourth-order valence-corrected chi connectivity index (χ4v) is 2.85. The minimum absolute atomic E-state index is 0.216. The second-order valence-corrected chi connectivity index (χ2v) is 5.42. The molecule has 0 aliphatic carbocycles. The lowest BCUT2D eigenvalue weighted by Crippen LogP contribution is -2.48. The SMILES string of the molecule is CCC1(C)CCSC(=NCc2ccco2)N1. The van der Waals surface area contributed by atoms with Crippen LogP contribution in [0.3, 0.4) is 0 Å². The van der Waals surface area contributed by atoms with Crippen LogP contribution in [0.25, 0.3) is 0 Å². The van der Waals surface area contributed by atoms with Gasteiger partial charge < -0.3 is 9.73 Å². The van der Waals surface area contributed by atoms with E-state index in [-0.39, 0.29) is 5.54 Å². The highest BCUT2D eigenvalue weighted by Gasteiger charge is 2.27. The molecule has 1 fully saturated rings. The maximum Gasteiger partial charge on any atom is 0.157 e. The Kier molecular flexibility index (Phi) is 3.59. The fraction of sp³-hybridized carbons (Fsp3) is 0.583. The van der Waals surface area contributed by atoms with Crippen molar-refractivity contribution in [1.82, 2.24) is 5.32 Å². The average molecular weight is 238 g/mol. The largest absolute Gasteiger partial charge is 0.467 e. The second kappa shape index (κ2) is 4.95. The molecular weight excluding hydrogens is 220 g/mol. The Morgan fingerprint density at radius 1 is 1.62 bits per heavy atom. The molecule has 2 heterocycles. The third-order valence-corrected chi connectivity index (χ3v) is 3.95. The summed E-state index contributed by atoms with van der Waals surface area (Å²) in [6.45, 7) is 5.10. The molecule has 1 unspecified atom stereocenters. The van der Waals surface area contributed by atoms with E-state index in [0.29, 0.717) is 6.54 Å². The maximum atomic E-state index is 5.26. The number of furan rings is 1. The zero-order valence-electron chi connectivity index (χ0n) is 9.82. The topological polar surface area (TPSA) is 37.5 Å². The number of thioether (sulfide) groups is 1. The molecule has 4 heteroatoms. The Labute approximate surface area is 101 Å². The highest BCUT2D eigenvalue weighted by atomic mass is 32.2. The number of amidine groups is 1. The van der Waals surface area contributed by atoms with Crippen LogP contribution in [-0.4, -0.2) is 16.5 Å². The third-order valence-electron chi connectivity index (χ3n) is 3.04. The predicted octanol–water partition coefficient (Wildman–Crippen LogP) is 3.03. The summed E-state index contributed by atoms with van der Waals surface area (Å²) in [6.07, 6.45) is 4.02. The van der Waals surface area contributed by atoms with Crippen LogP contribution in [-0.2, 0) is 6.54 Å². The number of hydrogen-bond acceptors (Lipinski definition) is 3. The van der Waals surface area contributed by atoms with Crippen LogP contribution in [0.4, 0.5) is 0 Å². The van der Waals surface area contributed by atoms with E-state index in [1.165, 1.54) is 6.42 Å². The quantitative estimate of drug-likeness (QED) is 0.879. The van der Waals surface area contributed by atoms with Crippen LogP contribution in [0.5, 0.6) is 0 Å². The summed E-state index contributed by atoms with van der Waals surface area (Å²) in [5.74, 6) is 2.06. The smallest absolute Gasteiger partial charge is 0.157 e. The summed E-state index contributed by atoms with van der Waals surface area (Å²) in [6, 6.07) is 3.85. The van der Waals surface area contributed by atoms with Gasteiger partial charge in [0.1, 0.15) is 5.76 Å². The van der Waals surface area contributed by atoms with Gasteiger partial charge in [-0.05, 0) is 31.9 Å². The average Bonchev–Trinajstić information content (AvgIpc) is 2.80. The normalized spacial score (nSPS) is 28.0. The Balaban J connectivity index is 1.96. The lowest BCUT2D eigenvalue weighted by atomic mass is 9.96. The van der Waals surface area contributed by atoms with E-state index in [2.05, 4.69) is 24.2 Å². The van der Waals surface area contributed by atoms with Gasteiger partial charge in [0.2, 0.25) is 0 Å². The lowest BCUT2D eigenvalue weighted by Gasteiger charge is -2.35. The van der Waals surface area contributed by atoms with Crippen LogP contribution in [0.15, 0.2) is 27.8 Å². The minimum Gasteiger partial charge on any atom is -0.467 e. The molecular formula is C12H18N2OS. The molecule has 0 saturated carbocycles. The van der Waals surface area contributed by atoms with E-state index in [1.807, 2.05) is 12.1 Å². The first-order chi connectivity index (χ1) is 7.72. The number of hydrogen-bond donors (Lipinski definition) is 1. The van der Waals surface area contributed by atoms with Crippen molar-refractivity contribution in [2.24, 2.45) is 4.99 Å².